The molecule has 1 saturated carbocycles. The maximum Gasteiger partial charge on any atom is 0.330 e. The van der Waals surface area contributed by atoms with Crippen molar-refractivity contribution >= 4 is 11.9 Å². The Balaban J connectivity index is 2.57. The van der Waals surface area contributed by atoms with Crippen molar-refractivity contribution in [1.82, 2.24) is 0 Å². The Kier molecular flexibility index (Phi) is 3.89. The molecule has 102 valence electrons. The van der Waals surface area contributed by atoms with Crippen LogP contribution in [-0.4, -0.2) is 22.6 Å². The van der Waals surface area contributed by atoms with Crippen LogP contribution in [0.2, 0.25) is 0 Å². The van der Waals surface area contributed by atoms with E-state index in [4.69, 9.17) is 9.84 Å². The lowest BCUT2D eigenvalue weighted by molar-refractivity contribution is -0.150. The van der Waals surface area contributed by atoms with Crippen molar-refractivity contribution in [3.63, 3.8) is 0 Å². The summed E-state index contributed by atoms with van der Waals surface area (Å²) in [5.74, 6) is -1.71. The van der Waals surface area contributed by atoms with Gasteiger partial charge >= 0.3 is 11.9 Å². The van der Waals surface area contributed by atoms with Crippen LogP contribution < -0.4 is 0 Å². The Labute approximate surface area is 108 Å². The molecule has 4 nitrogen and oxygen atoms in total. The number of ether oxygens (including phenoxy) is 1. The van der Waals surface area contributed by atoms with Crippen molar-refractivity contribution in [3.8, 4) is 0 Å². The highest BCUT2D eigenvalue weighted by Gasteiger charge is 2.60. The number of esters is 1. The number of allylic oxidation sites excluding steroid dienone is 1. The predicted molar refractivity (Wildman–Crippen MR) is 68.0 cm³/mol. The van der Waals surface area contributed by atoms with Crippen LogP contribution in [0.1, 0.15) is 41.0 Å². The summed E-state index contributed by atoms with van der Waals surface area (Å²) in [4.78, 5) is 22.5. The van der Waals surface area contributed by atoms with Crippen molar-refractivity contribution in [2.24, 2.45) is 17.3 Å². The molecule has 0 aromatic rings. The second-order valence-electron chi connectivity index (χ2n) is 6.06. The number of carbonyl (C=O) groups is 2. The smallest absolute Gasteiger partial charge is 0.330 e. The zero-order chi connectivity index (χ0) is 14.1. The number of rotatable bonds is 5. The quantitative estimate of drug-likeness (QED) is 0.605. The van der Waals surface area contributed by atoms with Gasteiger partial charge in [0.1, 0.15) is 5.60 Å². The average molecular weight is 254 g/mol. The third-order valence-corrected chi connectivity index (χ3v) is 3.84. The molecule has 1 N–H and O–H groups in total. The molecule has 1 aliphatic rings. The second kappa shape index (κ2) is 4.75. The average Bonchev–Trinajstić information content (AvgIpc) is 2.77. The molecule has 0 radical (unpaired) electrons. The first kappa shape index (κ1) is 14.7. The molecular formula is C14H22O4. The first-order valence-corrected chi connectivity index (χ1v) is 6.26. The summed E-state index contributed by atoms with van der Waals surface area (Å²) in [6, 6.07) is 0. The van der Waals surface area contributed by atoms with Crippen LogP contribution in [0.4, 0.5) is 0 Å². The third-order valence-electron chi connectivity index (χ3n) is 3.84. The number of carboxylic acid groups (broad SMARTS) is 1. The van der Waals surface area contributed by atoms with E-state index in [9.17, 15) is 9.59 Å². The van der Waals surface area contributed by atoms with Crippen molar-refractivity contribution in [1.29, 1.82) is 0 Å². The summed E-state index contributed by atoms with van der Waals surface area (Å²) < 4.78 is 5.26. The van der Waals surface area contributed by atoms with Crippen molar-refractivity contribution in [2.75, 3.05) is 0 Å². The van der Waals surface area contributed by atoms with Crippen LogP contribution in [0.5, 0.6) is 0 Å². The fourth-order valence-electron chi connectivity index (χ4n) is 2.07. The molecule has 18 heavy (non-hydrogen) atoms. The van der Waals surface area contributed by atoms with E-state index in [0.29, 0.717) is 0 Å². The van der Waals surface area contributed by atoms with Crippen molar-refractivity contribution < 1.29 is 19.4 Å². The highest BCUT2D eigenvalue weighted by molar-refractivity contribution is 5.83. The predicted octanol–water partition coefficient (Wildman–Crippen LogP) is 2.63. The molecule has 0 amide bonds. The topological polar surface area (TPSA) is 63.6 Å². The molecular weight excluding hydrogens is 232 g/mol. The molecule has 4 heteroatoms. The largest absolute Gasteiger partial charge is 0.481 e. The van der Waals surface area contributed by atoms with E-state index in [1.54, 1.807) is 6.08 Å². The summed E-state index contributed by atoms with van der Waals surface area (Å²) >= 11 is 0. The maximum absolute atomic E-state index is 11.6. The van der Waals surface area contributed by atoms with E-state index < -0.39 is 23.5 Å². The third kappa shape index (κ3) is 3.12. The standard InChI is InChI=1S/C14H22O4/c1-6-13(2,3)18-10(15)8-7-9-11(12(16)17)14(9,4)5/h7-9,11H,6H2,1-5H3,(H,16,17)/b8-7-. The fourth-order valence-corrected chi connectivity index (χ4v) is 2.07. The van der Waals surface area contributed by atoms with Crippen LogP contribution in [0.3, 0.4) is 0 Å². The Hall–Kier alpha value is -1.32. The highest BCUT2D eigenvalue weighted by Crippen LogP contribution is 2.59. The lowest BCUT2D eigenvalue weighted by Crippen LogP contribution is -2.26. The summed E-state index contributed by atoms with van der Waals surface area (Å²) in [6.07, 6.45) is 3.75. The number of hydrogen-bond acceptors (Lipinski definition) is 3. The van der Waals surface area contributed by atoms with Gasteiger partial charge in [-0.25, -0.2) is 4.79 Å². The Bertz CT molecular complexity index is 379. The van der Waals surface area contributed by atoms with Crippen LogP contribution in [0.25, 0.3) is 0 Å². The minimum absolute atomic E-state index is 0.0905. The molecule has 2 unspecified atom stereocenters. The van der Waals surface area contributed by atoms with Gasteiger partial charge in [-0.15, -0.1) is 0 Å². The van der Waals surface area contributed by atoms with E-state index in [1.807, 2.05) is 34.6 Å². The Morgan fingerprint density at radius 3 is 2.33 bits per heavy atom. The molecule has 0 aromatic heterocycles. The summed E-state index contributed by atoms with van der Waals surface area (Å²) in [5, 5.41) is 9.00. The number of aliphatic carboxylic acids is 1. The van der Waals surface area contributed by atoms with Gasteiger partial charge in [-0.1, -0.05) is 26.8 Å². The van der Waals surface area contributed by atoms with Crippen LogP contribution in [0.15, 0.2) is 12.2 Å². The van der Waals surface area contributed by atoms with Gasteiger partial charge in [0, 0.05) is 6.08 Å². The number of hydrogen-bond donors (Lipinski definition) is 1. The van der Waals surface area contributed by atoms with Gasteiger partial charge in [0.15, 0.2) is 0 Å². The van der Waals surface area contributed by atoms with E-state index in [-0.39, 0.29) is 11.3 Å². The first-order valence-electron chi connectivity index (χ1n) is 6.26. The molecule has 2 atom stereocenters. The lowest BCUT2D eigenvalue weighted by Gasteiger charge is -2.22. The molecule has 0 aromatic carbocycles. The van der Waals surface area contributed by atoms with Gasteiger partial charge in [0.2, 0.25) is 0 Å². The Morgan fingerprint density at radius 2 is 1.94 bits per heavy atom. The molecule has 1 rings (SSSR count). The van der Waals surface area contributed by atoms with Gasteiger partial charge in [-0.05, 0) is 31.6 Å². The van der Waals surface area contributed by atoms with Gasteiger partial charge in [-0.2, -0.15) is 0 Å². The molecule has 0 saturated heterocycles. The zero-order valence-electron chi connectivity index (χ0n) is 11.7. The van der Waals surface area contributed by atoms with Crippen LogP contribution >= 0.6 is 0 Å². The normalized spacial score (nSPS) is 26.1. The van der Waals surface area contributed by atoms with E-state index in [0.717, 1.165) is 6.42 Å². The van der Waals surface area contributed by atoms with Crippen molar-refractivity contribution in [2.45, 2.75) is 46.6 Å². The minimum atomic E-state index is -0.808. The number of carboxylic acids is 1. The van der Waals surface area contributed by atoms with Gasteiger partial charge in [0.05, 0.1) is 5.92 Å². The molecule has 0 spiro atoms. The number of carbonyl (C=O) groups excluding carboxylic acids is 1. The van der Waals surface area contributed by atoms with Crippen LogP contribution in [-0.2, 0) is 14.3 Å². The van der Waals surface area contributed by atoms with E-state index in [2.05, 4.69) is 0 Å². The molecule has 1 fully saturated rings. The monoisotopic (exact) mass is 254 g/mol. The SMILES string of the molecule is CCC(C)(C)OC(=O)/C=C\C1C(C(=O)O)C1(C)C. The van der Waals surface area contributed by atoms with Crippen molar-refractivity contribution in [3.05, 3.63) is 12.2 Å². The first-order chi connectivity index (χ1) is 8.12. The molecule has 1 aliphatic carbocycles. The summed E-state index contributed by atoms with van der Waals surface area (Å²) in [5.41, 5.74) is -0.754. The Morgan fingerprint density at radius 1 is 1.39 bits per heavy atom. The molecule has 0 aliphatic heterocycles. The fraction of sp³-hybridized carbons (Fsp3) is 0.714. The summed E-state index contributed by atoms with van der Waals surface area (Å²) in [7, 11) is 0. The molecule has 0 bridgehead atoms. The van der Waals surface area contributed by atoms with E-state index in [1.165, 1.54) is 6.08 Å². The highest BCUT2D eigenvalue weighted by atomic mass is 16.6. The van der Waals surface area contributed by atoms with E-state index >= 15 is 0 Å². The van der Waals surface area contributed by atoms with Gasteiger partial charge in [-0.3, -0.25) is 4.79 Å². The van der Waals surface area contributed by atoms with Gasteiger partial charge < -0.3 is 9.84 Å². The lowest BCUT2D eigenvalue weighted by atomic mass is 10.1. The molecule has 0 heterocycles. The minimum Gasteiger partial charge on any atom is -0.481 e. The summed E-state index contributed by atoms with van der Waals surface area (Å²) in [6.45, 7) is 9.42. The van der Waals surface area contributed by atoms with Gasteiger partial charge in [0.25, 0.3) is 0 Å². The zero-order valence-corrected chi connectivity index (χ0v) is 11.7. The second-order valence-corrected chi connectivity index (χ2v) is 6.06. The van der Waals surface area contributed by atoms with Crippen LogP contribution in [0, 0.1) is 17.3 Å². The maximum atomic E-state index is 11.6.